The zero-order valence-electron chi connectivity index (χ0n) is 9.62. The molecule has 0 bridgehead atoms. The number of nitrogens with two attached hydrogens (primary N) is 1. The number of ether oxygens (including phenoxy) is 2. The van der Waals surface area contributed by atoms with Crippen LogP contribution in [0.5, 0.6) is 17.4 Å². The molecule has 6 heteroatoms. The first-order valence-corrected chi connectivity index (χ1v) is 5.06. The van der Waals surface area contributed by atoms with Crippen LogP contribution < -0.4 is 15.2 Å². The van der Waals surface area contributed by atoms with Gasteiger partial charge < -0.3 is 15.2 Å². The van der Waals surface area contributed by atoms with Gasteiger partial charge in [0.1, 0.15) is 11.5 Å². The van der Waals surface area contributed by atoms with Gasteiger partial charge in [-0.1, -0.05) is 0 Å². The summed E-state index contributed by atoms with van der Waals surface area (Å²) in [5.74, 6) is 1.30. The number of hydrogen-bond acceptors (Lipinski definition) is 6. The van der Waals surface area contributed by atoms with Crippen LogP contribution in [0.15, 0.2) is 30.6 Å². The van der Waals surface area contributed by atoms with Crippen molar-refractivity contribution in [3.8, 4) is 23.4 Å². The van der Waals surface area contributed by atoms with Crippen molar-refractivity contribution >= 4 is 5.82 Å². The smallest absolute Gasteiger partial charge is 0.262 e. The average molecular weight is 242 g/mol. The molecular weight excluding hydrogens is 232 g/mol. The topological polar surface area (TPSA) is 94.0 Å². The minimum atomic E-state index is 0.179. The SMILES string of the molecule is COc1cc(C#N)cc(Oc2nccnc2N)c1. The van der Waals surface area contributed by atoms with E-state index in [-0.39, 0.29) is 11.7 Å². The van der Waals surface area contributed by atoms with E-state index in [1.54, 1.807) is 18.2 Å². The quantitative estimate of drug-likeness (QED) is 0.880. The van der Waals surface area contributed by atoms with Crippen molar-refractivity contribution in [2.24, 2.45) is 0 Å². The highest BCUT2D eigenvalue weighted by molar-refractivity contribution is 5.47. The Kier molecular flexibility index (Phi) is 3.25. The molecule has 0 spiro atoms. The predicted molar refractivity (Wildman–Crippen MR) is 64.2 cm³/mol. The van der Waals surface area contributed by atoms with Crippen LogP contribution in [0.1, 0.15) is 5.56 Å². The van der Waals surface area contributed by atoms with Crippen molar-refractivity contribution in [3.63, 3.8) is 0 Å². The lowest BCUT2D eigenvalue weighted by atomic mass is 10.2. The van der Waals surface area contributed by atoms with Crippen molar-refractivity contribution in [1.29, 1.82) is 5.26 Å². The van der Waals surface area contributed by atoms with Gasteiger partial charge in [0.15, 0.2) is 5.82 Å². The molecule has 2 N–H and O–H groups in total. The molecule has 2 rings (SSSR count). The zero-order chi connectivity index (χ0) is 13.0. The van der Waals surface area contributed by atoms with E-state index < -0.39 is 0 Å². The molecule has 90 valence electrons. The van der Waals surface area contributed by atoms with Crippen LogP contribution >= 0.6 is 0 Å². The van der Waals surface area contributed by atoms with E-state index in [0.717, 1.165) is 0 Å². The van der Waals surface area contributed by atoms with Crippen molar-refractivity contribution < 1.29 is 9.47 Å². The average Bonchev–Trinajstić information content (AvgIpc) is 2.41. The Morgan fingerprint density at radius 3 is 2.56 bits per heavy atom. The van der Waals surface area contributed by atoms with E-state index >= 15 is 0 Å². The summed E-state index contributed by atoms with van der Waals surface area (Å²) in [4.78, 5) is 7.81. The van der Waals surface area contributed by atoms with Crippen LogP contribution in [-0.2, 0) is 0 Å². The minimum absolute atomic E-state index is 0.179. The maximum absolute atomic E-state index is 8.89. The summed E-state index contributed by atoms with van der Waals surface area (Å²) in [6.07, 6.45) is 2.94. The number of hydrogen-bond donors (Lipinski definition) is 1. The maximum Gasteiger partial charge on any atom is 0.262 e. The second kappa shape index (κ2) is 5.01. The van der Waals surface area contributed by atoms with E-state index in [4.69, 9.17) is 20.5 Å². The molecule has 0 saturated carbocycles. The Hall–Kier alpha value is -2.81. The molecule has 0 fully saturated rings. The molecule has 1 heterocycles. The third kappa shape index (κ3) is 2.47. The Balaban J connectivity index is 2.35. The monoisotopic (exact) mass is 242 g/mol. The molecule has 0 unspecified atom stereocenters. The molecule has 18 heavy (non-hydrogen) atoms. The van der Waals surface area contributed by atoms with Gasteiger partial charge in [-0.3, -0.25) is 0 Å². The summed E-state index contributed by atoms with van der Waals surface area (Å²) in [7, 11) is 1.51. The Bertz CT molecular complexity index is 607. The molecule has 1 aromatic heterocycles. The van der Waals surface area contributed by atoms with E-state index in [0.29, 0.717) is 17.1 Å². The van der Waals surface area contributed by atoms with Crippen LogP contribution in [0.4, 0.5) is 5.82 Å². The van der Waals surface area contributed by atoms with Gasteiger partial charge in [0.05, 0.1) is 18.7 Å². The molecule has 1 aromatic carbocycles. The maximum atomic E-state index is 8.89. The highest BCUT2D eigenvalue weighted by atomic mass is 16.5. The van der Waals surface area contributed by atoms with Crippen molar-refractivity contribution in [2.45, 2.75) is 0 Å². The summed E-state index contributed by atoms with van der Waals surface area (Å²) < 4.78 is 10.5. The summed E-state index contributed by atoms with van der Waals surface area (Å²) in [6, 6.07) is 6.82. The lowest BCUT2D eigenvalue weighted by molar-refractivity contribution is 0.407. The third-order valence-electron chi connectivity index (χ3n) is 2.15. The number of benzene rings is 1. The van der Waals surface area contributed by atoms with Gasteiger partial charge in [-0.05, 0) is 12.1 Å². The normalized spacial score (nSPS) is 9.56. The van der Waals surface area contributed by atoms with Crippen LogP contribution in [0.2, 0.25) is 0 Å². The Morgan fingerprint density at radius 1 is 1.17 bits per heavy atom. The Labute approximate surface area is 104 Å². The standard InChI is InChI=1S/C12H10N4O2/c1-17-9-4-8(7-13)5-10(6-9)18-12-11(14)15-2-3-16-12/h2-6H,1H3,(H2,14,15). The van der Waals surface area contributed by atoms with Gasteiger partial charge in [0.2, 0.25) is 0 Å². The molecule has 0 aliphatic carbocycles. The number of anilines is 1. The van der Waals surface area contributed by atoms with Crippen molar-refractivity contribution in [2.75, 3.05) is 12.8 Å². The first kappa shape index (κ1) is 11.7. The first-order chi connectivity index (χ1) is 8.72. The number of nitrogen functional groups attached to an aromatic ring is 1. The lowest BCUT2D eigenvalue weighted by Crippen LogP contribution is -1.97. The molecule has 0 saturated heterocycles. The number of nitriles is 1. The molecule has 0 aliphatic rings. The summed E-state index contributed by atoms with van der Waals surface area (Å²) in [5, 5.41) is 8.89. The van der Waals surface area contributed by atoms with Gasteiger partial charge in [-0.25, -0.2) is 9.97 Å². The third-order valence-corrected chi connectivity index (χ3v) is 2.15. The van der Waals surface area contributed by atoms with Gasteiger partial charge in [0, 0.05) is 18.5 Å². The molecule has 0 atom stereocenters. The second-order valence-corrected chi connectivity index (χ2v) is 3.36. The molecule has 6 nitrogen and oxygen atoms in total. The lowest BCUT2D eigenvalue weighted by Gasteiger charge is -2.08. The van der Waals surface area contributed by atoms with Crippen LogP contribution in [0.3, 0.4) is 0 Å². The van der Waals surface area contributed by atoms with E-state index in [9.17, 15) is 0 Å². The predicted octanol–water partition coefficient (Wildman–Crippen LogP) is 1.73. The first-order valence-electron chi connectivity index (χ1n) is 5.06. The summed E-state index contributed by atoms with van der Waals surface area (Å²) in [5.41, 5.74) is 6.04. The fourth-order valence-electron chi connectivity index (χ4n) is 1.34. The van der Waals surface area contributed by atoms with E-state index in [2.05, 4.69) is 9.97 Å². The highest BCUT2D eigenvalue weighted by Gasteiger charge is 2.07. The molecule has 2 aromatic rings. The van der Waals surface area contributed by atoms with Crippen molar-refractivity contribution in [1.82, 2.24) is 9.97 Å². The van der Waals surface area contributed by atoms with E-state index in [1.165, 1.54) is 19.5 Å². The Morgan fingerprint density at radius 2 is 1.89 bits per heavy atom. The summed E-state index contributed by atoms with van der Waals surface area (Å²) >= 11 is 0. The highest BCUT2D eigenvalue weighted by Crippen LogP contribution is 2.27. The van der Waals surface area contributed by atoms with Crippen molar-refractivity contribution in [3.05, 3.63) is 36.2 Å². The van der Waals surface area contributed by atoms with Gasteiger partial charge >= 0.3 is 0 Å². The largest absolute Gasteiger partial charge is 0.497 e. The molecule has 0 aliphatic heterocycles. The summed E-state index contributed by atoms with van der Waals surface area (Å²) in [6.45, 7) is 0. The van der Waals surface area contributed by atoms with Gasteiger partial charge in [0.25, 0.3) is 5.88 Å². The number of rotatable bonds is 3. The zero-order valence-corrected chi connectivity index (χ0v) is 9.62. The fraction of sp³-hybridized carbons (Fsp3) is 0.0833. The number of aromatic nitrogens is 2. The van der Waals surface area contributed by atoms with Crippen LogP contribution in [0, 0.1) is 11.3 Å². The molecule has 0 radical (unpaired) electrons. The van der Waals surface area contributed by atoms with Gasteiger partial charge in [-0.15, -0.1) is 0 Å². The number of methoxy groups -OCH3 is 1. The number of nitrogens with zero attached hydrogens (tertiary/aromatic N) is 3. The van der Waals surface area contributed by atoms with E-state index in [1.807, 2.05) is 6.07 Å². The fourth-order valence-corrected chi connectivity index (χ4v) is 1.34. The van der Waals surface area contributed by atoms with Crippen LogP contribution in [-0.4, -0.2) is 17.1 Å². The molecule has 0 amide bonds. The molecular formula is C12H10N4O2. The van der Waals surface area contributed by atoms with Crippen LogP contribution in [0.25, 0.3) is 0 Å². The second-order valence-electron chi connectivity index (χ2n) is 3.36. The minimum Gasteiger partial charge on any atom is -0.497 e. The van der Waals surface area contributed by atoms with Gasteiger partial charge in [-0.2, -0.15) is 5.26 Å².